The Labute approximate surface area is 120 Å². The van der Waals surface area contributed by atoms with Gasteiger partial charge in [0.2, 0.25) is 0 Å². The van der Waals surface area contributed by atoms with Gasteiger partial charge >= 0.3 is 0 Å². The van der Waals surface area contributed by atoms with E-state index in [4.69, 9.17) is 0 Å². The molecule has 0 bridgehead atoms. The highest BCUT2D eigenvalue weighted by Gasteiger charge is 2.16. The van der Waals surface area contributed by atoms with E-state index in [1.807, 2.05) is 36.4 Å². The lowest BCUT2D eigenvalue weighted by molar-refractivity contribution is -0.909. The predicted octanol–water partition coefficient (Wildman–Crippen LogP) is 4.99. The third-order valence-corrected chi connectivity index (χ3v) is 3.33. The third-order valence-electron chi connectivity index (χ3n) is 3.33. The second kappa shape index (κ2) is 10.8. The Morgan fingerprint density at radius 2 is 1.32 bits per heavy atom. The van der Waals surface area contributed by atoms with Gasteiger partial charge in [0.25, 0.3) is 0 Å². The SMILES string of the molecule is C=Cc1ccccc1.CCC[N+](C)(CCC)CCC. The Kier molecular flexibility index (Phi) is 10.2. The van der Waals surface area contributed by atoms with Gasteiger partial charge in [-0.25, -0.2) is 0 Å². The highest BCUT2D eigenvalue weighted by atomic mass is 15.3. The molecular formula is C18H32N+. The fourth-order valence-corrected chi connectivity index (χ4v) is 2.54. The zero-order valence-electron chi connectivity index (χ0n) is 13.4. The third kappa shape index (κ3) is 8.61. The molecule has 1 heteroatoms. The van der Waals surface area contributed by atoms with Crippen LogP contribution in [0, 0.1) is 0 Å². The van der Waals surface area contributed by atoms with Gasteiger partial charge in [-0.2, -0.15) is 0 Å². The molecule has 0 aromatic heterocycles. The highest BCUT2D eigenvalue weighted by molar-refractivity contribution is 5.45. The van der Waals surface area contributed by atoms with E-state index in [2.05, 4.69) is 34.4 Å². The van der Waals surface area contributed by atoms with Crippen LogP contribution in [0.5, 0.6) is 0 Å². The maximum atomic E-state index is 3.63. The van der Waals surface area contributed by atoms with Gasteiger partial charge in [0.1, 0.15) is 0 Å². The molecule has 1 nitrogen and oxygen atoms in total. The Morgan fingerprint density at radius 1 is 0.895 bits per heavy atom. The van der Waals surface area contributed by atoms with Crippen LogP contribution in [0.4, 0.5) is 0 Å². The molecule has 0 aliphatic heterocycles. The maximum absolute atomic E-state index is 3.63. The van der Waals surface area contributed by atoms with Crippen molar-refractivity contribution in [3.63, 3.8) is 0 Å². The van der Waals surface area contributed by atoms with Gasteiger partial charge in [-0.15, -0.1) is 0 Å². The van der Waals surface area contributed by atoms with Crippen LogP contribution in [0.1, 0.15) is 45.6 Å². The standard InChI is InChI=1S/C10H24N.C8H8/c1-5-8-11(4,9-6-2)10-7-3;1-2-8-6-4-3-5-7-8/h5-10H2,1-4H3;2-7H,1H2/q+1;. The topological polar surface area (TPSA) is 0 Å². The van der Waals surface area contributed by atoms with Gasteiger partial charge in [0.15, 0.2) is 0 Å². The molecule has 108 valence electrons. The summed E-state index contributed by atoms with van der Waals surface area (Å²) in [4.78, 5) is 0. The van der Waals surface area contributed by atoms with Crippen LogP contribution in [0.2, 0.25) is 0 Å². The molecule has 1 aromatic rings. The van der Waals surface area contributed by atoms with Crippen molar-refractivity contribution in [3.05, 3.63) is 42.5 Å². The van der Waals surface area contributed by atoms with Crippen molar-refractivity contribution in [3.8, 4) is 0 Å². The molecule has 0 fully saturated rings. The van der Waals surface area contributed by atoms with Crippen LogP contribution < -0.4 is 0 Å². The summed E-state index contributed by atoms with van der Waals surface area (Å²) in [5.74, 6) is 0. The largest absolute Gasteiger partial charge is 0.326 e. The molecule has 0 atom stereocenters. The van der Waals surface area contributed by atoms with Gasteiger partial charge in [0.05, 0.1) is 26.7 Å². The average Bonchev–Trinajstić information content (AvgIpc) is 2.41. The average molecular weight is 262 g/mol. The maximum Gasteiger partial charge on any atom is 0.0781 e. The first-order chi connectivity index (χ1) is 9.11. The number of quaternary nitrogens is 1. The van der Waals surface area contributed by atoms with Crippen molar-refractivity contribution < 1.29 is 4.48 Å². The Hall–Kier alpha value is -1.08. The molecular weight excluding hydrogens is 230 g/mol. The quantitative estimate of drug-likeness (QED) is 0.607. The molecule has 0 heterocycles. The van der Waals surface area contributed by atoms with Gasteiger partial charge in [-0.1, -0.05) is 63.8 Å². The van der Waals surface area contributed by atoms with E-state index in [0.29, 0.717) is 0 Å². The van der Waals surface area contributed by atoms with E-state index in [9.17, 15) is 0 Å². The first kappa shape index (κ1) is 17.9. The summed E-state index contributed by atoms with van der Waals surface area (Å²) < 4.78 is 1.28. The van der Waals surface area contributed by atoms with Gasteiger partial charge in [-0.05, 0) is 24.8 Å². The number of benzene rings is 1. The van der Waals surface area contributed by atoms with Crippen LogP contribution in [0.15, 0.2) is 36.9 Å². The van der Waals surface area contributed by atoms with Crippen LogP contribution in [-0.2, 0) is 0 Å². The molecule has 0 saturated carbocycles. The first-order valence-electron chi connectivity index (χ1n) is 7.62. The van der Waals surface area contributed by atoms with Crippen LogP contribution in [0.3, 0.4) is 0 Å². The highest BCUT2D eigenvalue weighted by Crippen LogP contribution is 2.06. The molecule has 1 aromatic carbocycles. The lowest BCUT2D eigenvalue weighted by Crippen LogP contribution is -2.45. The molecule has 0 spiro atoms. The van der Waals surface area contributed by atoms with Crippen LogP contribution in [0.25, 0.3) is 6.08 Å². The predicted molar refractivity (Wildman–Crippen MR) is 88.2 cm³/mol. The summed E-state index contributed by atoms with van der Waals surface area (Å²) in [6.07, 6.45) is 5.78. The Balaban J connectivity index is 0.000000356. The number of nitrogens with zero attached hydrogens (tertiary/aromatic N) is 1. The van der Waals surface area contributed by atoms with Gasteiger partial charge < -0.3 is 4.48 Å². The summed E-state index contributed by atoms with van der Waals surface area (Å²) >= 11 is 0. The van der Waals surface area contributed by atoms with Gasteiger partial charge in [0, 0.05) is 0 Å². The zero-order valence-corrected chi connectivity index (χ0v) is 13.4. The van der Waals surface area contributed by atoms with E-state index in [-0.39, 0.29) is 0 Å². The van der Waals surface area contributed by atoms with E-state index in [1.54, 1.807) is 0 Å². The van der Waals surface area contributed by atoms with E-state index in [0.717, 1.165) is 0 Å². The molecule has 19 heavy (non-hydrogen) atoms. The van der Waals surface area contributed by atoms with Crippen LogP contribution >= 0.6 is 0 Å². The molecule has 0 unspecified atom stereocenters. The van der Waals surface area contributed by atoms with Crippen molar-refractivity contribution in [1.82, 2.24) is 0 Å². The van der Waals surface area contributed by atoms with Crippen molar-refractivity contribution >= 4 is 6.08 Å². The normalized spacial score (nSPS) is 10.5. The molecule has 0 saturated heterocycles. The fraction of sp³-hybridized carbons (Fsp3) is 0.556. The minimum atomic E-state index is 1.17. The number of hydrogen-bond donors (Lipinski definition) is 0. The van der Waals surface area contributed by atoms with E-state index in [1.165, 1.54) is 48.9 Å². The Bertz CT molecular complexity index is 299. The smallest absolute Gasteiger partial charge is 0.0781 e. The lowest BCUT2D eigenvalue weighted by atomic mass is 10.2. The monoisotopic (exact) mass is 262 g/mol. The van der Waals surface area contributed by atoms with Crippen molar-refractivity contribution in [2.45, 2.75) is 40.0 Å². The fourth-order valence-electron chi connectivity index (χ4n) is 2.54. The Morgan fingerprint density at radius 3 is 1.58 bits per heavy atom. The molecule has 0 aliphatic rings. The van der Waals surface area contributed by atoms with E-state index < -0.39 is 0 Å². The minimum Gasteiger partial charge on any atom is -0.326 e. The van der Waals surface area contributed by atoms with E-state index >= 15 is 0 Å². The van der Waals surface area contributed by atoms with Crippen molar-refractivity contribution in [2.75, 3.05) is 26.7 Å². The molecule has 1 rings (SSSR count). The molecule has 0 aliphatic carbocycles. The van der Waals surface area contributed by atoms with Gasteiger partial charge in [-0.3, -0.25) is 0 Å². The van der Waals surface area contributed by atoms with Crippen molar-refractivity contribution in [2.24, 2.45) is 0 Å². The van der Waals surface area contributed by atoms with Crippen molar-refractivity contribution in [1.29, 1.82) is 0 Å². The zero-order chi connectivity index (χ0) is 14.6. The minimum absolute atomic E-state index is 1.17. The molecule has 0 radical (unpaired) electrons. The first-order valence-corrected chi connectivity index (χ1v) is 7.62. The summed E-state index contributed by atoms with van der Waals surface area (Å²) in [7, 11) is 2.39. The number of hydrogen-bond acceptors (Lipinski definition) is 0. The summed E-state index contributed by atoms with van der Waals surface area (Å²) in [5, 5.41) is 0. The second-order valence-electron chi connectivity index (χ2n) is 5.41. The van der Waals surface area contributed by atoms with Crippen LogP contribution in [-0.4, -0.2) is 31.2 Å². The number of rotatable bonds is 7. The summed E-state index contributed by atoms with van der Waals surface area (Å²) in [5.41, 5.74) is 1.17. The summed E-state index contributed by atoms with van der Waals surface area (Å²) in [6, 6.07) is 10.0. The lowest BCUT2D eigenvalue weighted by Gasteiger charge is -2.33. The summed E-state index contributed by atoms with van der Waals surface area (Å²) in [6.45, 7) is 14.5. The second-order valence-corrected chi connectivity index (χ2v) is 5.41. The molecule has 0 N–H and O–H groups in total. The molecule has 0 amide bonds.